The lowest BCUT2D eigenvalue weighted by molar-refractivity contribution is 0.678. The average molecular weight is 330 g/mol. The van der Waals surface area contributed by atoms with E-state index in [1.807, 2.05) is 0 Å². The van der Waals surface area contributed by atoms with E-state index in [-0.39, 0.29) is 0 Å². The van der Waals surface area contributed by atoms with Crippen LogP contribution in [0.4, 0.5) is 5.69 Å². The molecule has 1 fully saturated rings. The van der Waals surface area contributed by atoms with Crippen LogP contribution in [-0.4, -0.2) is 0 Å². The second kappa shape index (κ2) is 5.61. The Morgan fingerprint density at radius 3 is 2.30 bits per heavy atom. The van der Waals surface area contributed by atoms with Crippen molar-refractivity contribution in [2.24, 2.45) is 5.92 Å². The van der Waals surface area contributed by atoms with Gasteiger partial charge in [0.05, 0.1) is 6.04 Å². The van der Waals surface area contributed by atoms with Crippen molar-refractivity contribution in [2.45, 2.75) is 32.7 Å². The molecule has 2 aromatic carbocycles. The standard InChI is InChI=1S/C18H20BrN/c1-12-3-6-14(7-4-12)18(15-8-9-15)20-17-11-13(2)5-10-16(17)19/h3-7,10-11,15,18,20H,8-9H2,1-2H3. The number of aryl methyl sites for hydroxylation is 2. The number of nitrogens with one attached hydrogen (secondary N) is 1. The molecule has 104 valence electrons. The minimum absolute atomic E-state index is 0.425. The van der Waals surface area contributed by atoms with Crippen LogP contribution in [0.3, 0.4) is 0 Å². The van der Waals surface area contributed by atoms with Gasteiger partial charge in [-0.15, -0.1) is 0 Å². The van der Waals surface area contributed by atoms with Crippen molar-refractivity contribution in [3.8, 4) is 0 Å². The summed E-state index contributed by atoms with van der Waals surface area (Å²) in [7, 11) is 0. The molecule has 1 aliphatic carbocycles. The zero-order valence-corrected chi connectivity index (χ0v) is 13.6. The second-order valence-electron chi connectivity index (χ2n) is 5.85. The summed E-state index contributed by atoms with van der Waals surface area (Å²) in [6.07, 6.45) is 2.66. The molecule has 1 nitrogen and oxygen atoms in total. The molecule has 0 radical (unpaired) electrons. The summed E-state index contributed by atoms with van der Waals surface area (Å²) in [6, 6.07) is 15.8. The Balaban J connectivity index is 1.88. The van der Waals surface area contributed by atoms with Gasteiger partial charge in [-0.05, 0) is 71.8 Å². The van der Waals surface area contributed by atoms with Gasteiger partial charge >= 0.3 is 0 Å². The van der Waals surface area contributed by atoms with Crippen molar-refractivity contribution in [1.82, 2.24) is 0 Å². The molecule has 0 amide bonds. The topological polar surface area (TPSA) is 12.0 Å². The number of rotatable bonds is 4. The van der Waals surface area contributed by atoms with Gasteiger partial charge in [-0.1, -0.05) is 35.9 Å². The lowest BCUT2D eigenvalue weighted by Gasteiger charge is -2.21. The lowest BCUT2D eigenvalue weighted by Crippen LogP contribution is -2.13. The van der Waals surface area contributed by atoms with Crippen LogP contribution < -0.4 is 5.32 Å². The van der Waals surface area contributed by atoms with E-state index in [9.17, 15) is 0 Å². The van der Waals surface area contributed by atoms with E-state index in [4.69, 9.17) is 0 Å². The molecule has 1 aliphatic rings. The first kappa shape index (κ1) is 13.7. The zero-order chi connectivity index (χ0) is 14.1. The second-order valence-corrected chi connectivity index (χ2v) is 6.71. The number of benzene rings is 2. The maximum atomic E-state index is 3.74. The fourth-order valence-corrected chi connectivity index (χ4v) is 2.96. The Morgan fingerprint density at radius 2 is 1.65 bits per heavy atom. The molecule has 20 heavy (non-hydrogen) atoms. The molecule has 0 saturated heterocycles. The van der Waals surface area contributed by atoms with Gasteiger partial charge in [0.2, 0.25) is 0 Å². The summed E-state index contributed by atoms with van der Waals surface area (Å²) in [6.45, 7) is 4.27. The molecule has 0 aromatic heterocycles. The van der Waals surface area contributed by atoms with Crippen LogP contribution in [0.1, 0.15) is 35.6 Å². The van der Waals surface area contributed by atoms with E-state index in [2.05, 4.69) is 77.6 Å². The highest BCUT2D eigenvalue weighted by molar-refractivity contribution is 9.10. The fraction of sp³-hybridized carbons (Fsp3) is 0.333. The normalized spacial score (nSPS) is 15.9. The molecule has 3 rings (SSSR count). The summed E-state index contributed by atoms with van der Waals surface area (Å²) in [4.78, 5) is 0. The summed E-state index contributed by atoms with van der Waals surface area (Å²) in [5, 5.41) is 3.74. The SMILES string of the molecule is Cc1ccc(C(Nc2cc(C)ccc2Br)C2CC2)cc1. The van der Waals surface area contributed by atoms with Crippen molar-refractivity contribution < 1.29 is 0 Å². The van der Waals surface area contributed by atoms with E-state index in [1.165, 1.54) is 35.2 Å². The first-order valence-electron chi connectivity index (χ1n) is 7.23. The predicted octanol–water partition coefficient (Wildman–Crippen LogP) is 5.63. The van der Waals surface area contributed by atoms with Crippen LogP contribution >= 0.6 is 15.9 Å². The quantitative estimate of drug-likeness (QED) is 0.766. The summed E-state index contributed by atoms with van der Waals surface area (Å²) < 4.78 is 1.14. The minimum atomic E-state index is 0.425. The van der Waals surface area contributed by atoms with Crippen LogP contribution in [0.2, 0.25) is 0 Å². The Bertz CT molecular complexity index is 599. The predicted molar refractivity (Wildman–Crippen MR) is 89.1 cm³/mol. The van der Waals surface area contributed by atoms with Gasteiger partial charge in [0.1, 0.15) is 0 Å². The Kier molecular flexibility index (Phi) is 3.84. The molecule has 0 bridgehead atoms. The maximum absolute atomic E-state index is 3.74. The van der Waals surface area contributed by atoms with E-state index in [0.29, 0.717) is 6.04 Å². The third-order valence-corrected chi connectivity index (χ3v) is 4.65. The molecule has 0 aliphatic heterocycles. The molecule has 1 unspecified atom stereocenters. The molecule has 1 atom stereocenters. The van der Waals surface area contributed by atoms with E-state index < -0.39 is 0 Å². The van der Waals surface area contributed by atoms with Crippen molar-refractivity contribution in [3.63, 3.8) is 0 Å². The Morgan fingerprint density at radius 1 is 1.00 bits per heavy atom. The molecule has 1 N–H and O–H groups in total. The van der Waals surface area contributed by atoms with Crippen molar-refractivity contribution in [2.75, 3.05) is 5.32 Å². The number of hydrogen-bond acceptors (Lipinski definition) is 1. The molecule has 1 saturated carbocycles. The summed E-state index contributed by atoms with van der Waals surface area (Å²) in [5.74, 6) is 0.769. The molecular weight excluding hydrogens is 310 g/mol. The van der Waals surface area contributed by atoms with Crippen molar-refractivity contribution in [1.29, 1.82) is 0 Å². The fourth-order valence-electron chi connectivity index (χ4n) is 2.59. The Hall–Kier alpha value is -1.28. The molecule has 0 heterocycles. The molecule has 0 spiro atoms. The third kappa shape index (κ3) is 3.06. The Labute approximate surface area is 129 Å². The van der Waals surface area contributed by atoms with Crippen LogP contribution in [0.25, 0.3) is 0 Å². The monoisotopic (exact) mass is 329 g/mol. The van der Waals surface area contributed by atoms with Gasteiger partial charge in [0.25, 0.3) is 0 Å². The maximum Gasteiger partial charge on any atom is 0.0542 e. The minimum Gasteiger partial charge on any atom is -0.377 e. The van der Waals surface area contributed by atoms with E-state index >= 15 is 0 Å². The van der Waals surface area contributed by atoms with Gasteiger partial charge in [0.15, 0.2) is 0 Å². The number of hydrogen-bond donors (Lipinski definition) is 1. The van der Waals surface area contributed by atoms with E-state index in [1.54, 1.807) is 0 Å². The van der Waals surface area contributed by atoms with Crippen LogP contribution in [0, 0.1) is 19.8 Å². The lowest BCUT2D eigenvalue weighted by atomic mass is 10.0. The highest BCUT2D eigenvalue weighted by Crippen LogP contribution is 2.43. The first-order chi connectivity index (χ1) is 9.63. The molecule has 2 heteroatoms. The van der Waals surface area contributed by atoms with E-state index in [0.717, 1.165) is 10.4 Å². The van der Waals surface area contributed by atoms with Crippen molar-refractivity contribution >= 4 is 21.6 Å². The molecular formula is C18H20BrN. The van der Waals surface area contributed by atoms with Crippen LogP contribution in [0.5, 0.6) is 0 Å². The van der Waals surface area contributed by atoms with Gasteiger partial charge < -0.3 is 5.32 Å². The van der Waals surface area contributed by atoms with Crippen LogP contribution in [-0.2, 0) is 0 Å². The third-order valence-electron chi connectivity index (χ3n) is 3.96. The van der Waals surface area contributed by atoms with Crippen molar-refractivity contribution in [3.05, 3.63) is 63.6 Å². The summed E-state index contributed by atoms with van der Waals surface area (Å²) >= 11 is 3.65. The van der Waals surface area contributed by atoms with Gasteiger partial charge in [-0.25, -0.2) is 0 Å². The number of anilines is 1. The van der Waals surface area contributed by atoms with Gasteiger partial charge in [-0.2, -0.15) is 0 Å². The highest BCUT2D eigenvalue weighted by Gasteiger charge is 2.32. The highest BCUT2D eigenvalue weighted by atomic mass is 79.9. The molecule has 2 aromatic rings. The largest absolute Gasteiger partial charge is 0.377 e. The average Bonchev–Trinajstić information content (AvgIpc) is 3.25. The first-order valence-corrected chi connectivity index (χ1v) is 8.02. The summed E-state index contributed by atoms with van der Waals surface area (Å²) in [5.41, 5.74) is 5.20. The van der Waals surface area contributed by atoms with Crippen LogP contribution in [0.15, 0.2) is 46.9 Å². The smallest absolute Gasteiger partial charge is 0.0542 e. The van der Waals surface area contributed by atoms with Gasteiger partial charge in [0, 0.05) is 10.2 Å². The van der Waals surface area contributed by atoms with Gasteiger partial charge in [-0.3, -0.25) is 0 Å². The number of halogens is 1. The zero-order valence-electron chi connectivity index (χ0n) is 12.0.